The van der Waals surface area contributed by atoms with Gasteiger partial charge in [-0.2, -0.15) is 0 Å². The van der Waals surface area contributed by atoms with Gasteiger partial charge in [0.2, 0.25) is 0 Å². The Morgan fingerprint density at radius 2 is 2.32 bits per heavy atom. The van der Waals surface area contributed by atoms with E-state index in [1.54, 1.807) is 6.20 Å². The summed E-state index contributed by atoms with van der Waals surface area (Å²) in [6.07, 6.45) is 4.39. The van der Waals surface area contributed by atoms with Gasteiger partial charge in [0.25, 0.3) is 0 Å². The van der Waals surface area contributed by atoms with Gasteiger partial charge in [-0.25, -0.2) is 4.98 Å². The largest absolute Gasteiger partial charge is 0.385 e. The predicted molar refractivity (Wildman–Crippen MR) is 71.6 cm³/mol. The van der Waals surface area contributed by atoms with Crippen molar-refractivity contribution in [3.05, 3.63) is 53.6 Å². The summed E-state index contributed by atoms with van der Waals surface area (Å²) in [5.74, 6) is 0.687. The summed E-state index contributed by atoms with van der Waals surface area (Å²) in [6, 6.07) is 8.30. The summed E-state index contributed by atoms with van der Waals surface area (Å²) in [5.41, 5.74) is 2.52. The molecule has 0 radical (unpaired) electrons. The van der Waals surface area contributed by atoms with Crippen molar-refractivity contribution in [2.75, 3.05) is 6.61 Å². The summed E-state index contributed by atoms with van der Waals surface area (Å²) in [7, 11) is 1.89. The molecule has 1 aliphatic heterocycles. The number of benzene rings is 1. The second-order valence-corrected chi connectivity index (χ2v) is 4.96. The predicted octanol–water partition coefficient (Wildman–Crippen LogP) is 2.16. The molecule has 0 aliphatic carbocycles. The molecule has 1 aromatic heterocycles. The lowest BCUT2D eigenvalue weighted by Gasteiger charge is -2.27. The van der Waals surface area contributed by atoms with Crippen molar-refractivity contribution in [3.8, 4) is 0 Å². The highest BCUT2D eigenvalue weighted by Crippen LogP contribution is 2.33. The van der Waals surface area contributed by atoms with Crippen molar-refractivity contribution in [2.45, 2.75) is 25.0 Å². The number of nitrogens with zero attached hydrogens (tertiary/aromatic N) is 2. The molecule has 2 atom stereocenters. The van der Waals surface area contributed by atoms with Crippen molar-refractivity contribution in [1.82, 2.24) is 9.55 Å². The Kier molecular flexibility index (Phi) is 3.36. The monoisotopic (exact) mass is 258 g/mol. The van der Waals surface area contributed by atoms with Gasteiger partial charge >= 0.3 is 0 Å². The molecule has 3 rings (SSSR count). The Balaban J connectivity index is 1.80. The SMILES string of the molecule is Cn1ccnc1C(O)CC1OCCc2ccccc21. The van der Waals surface area contributed by atoms with Crippen LogP contribution in [0.15, 0.2) is 36.7 Å². The van der Waals surface area contributed by atoms with Crippen LogP contribution in [0.4, 0.5) is 0 Å². The van der Waals surface area contributed by atoms with Crippen molar-refractivity contribution >= 4 is 0 Å². The molecular formula is C15H18N2O2. The van der Waals surface area contributed by atoms with Crippen LogP contribution in [0.1, 0.15) is 35.6 Å². The Hall–Kier alpha value is -1.65. The molecule has 0 bridgehead atoms. The fraction of sp³-hybridized carbons (Fsp3) is 0.400. The van der Waals surface area contributed by atoms with Crippen molar-refractivity contribution in [2.24, 2.45) is 7.05 Å². The lowest BCUT2D eigenvalue weighted by molar-refractivity contribution is 0.00118. The van der Waals surface area contributed by atoms with Crippen LogP contribution in [0.3, 0.4) is 0 Å². The topological polar surface area (TPSA) is 47.3 Å². The minimum Gasteiger partial charge on any atom is -0.385 e. The van der Waals surface area contributed by atoms with Crippen LogP contribution in [-0.4, -0.2) is 21.3 Å². The molecule has 2 heterocycles. The van der Waals surface area contributed by atoms with E-state index < -0.39 is 6.10 Å². The van der Waals surface area contributed by atoms with Gasteiger partial charge < -0.3 is 14.4 Å². The third-order valence-electron chi connectivity index (χ3n) is 3.69. The zero-order valence-corrected chi connectivity index (χ0v) is 11.0. The summed E-state index contributed by atoms with van der Waals surface area (Å²) in [5, 5.41) is 10.3. The van der Waals surface area contributed by atoms with E-state index in [1.165, 1.54) is 11.1 Å². The highest BCUT2D eigenvalue weighted by Gasteiger charge is 2.25. The van der Waals surface area contributed by atoms with Gasteiger partial charge in [-0.15, -0.1) is 0 Å². The zero-order valence-electron chi connectivity index (χ0n) is 11.0. The maximum absolute atomic E-state index is 10.3. The number of rotatable bonds is 3. The van der Waals surface area contributed by atoms with Crippen molar-refractivity contribution < 1.29 is 9.84 Å². The molecule has 19 heavy (non-hydrogen) atoms. The molecule has 2 aromatic rings. The molecular weight excluding hydrogens is 240 g/mol. The first-order chi connectivity index (χ1) is 9.25. The van der Waals surface area contributed by atoms with Gasteiger partial charge in [-0.1, -0.05) is 24.3 Å². The average Bonchev–Trinajstić information content (AvgIpc) is 2.85. The summed E-state index contributed by atoms with van der Waals surface area (Å²) in [6.45, 7) is 0.717. The average molecular weight is 258 g/mol. The normalized spacial score (nSPS) is 20.0. The molecule has 1 N–H and O–H groups in total. The molecule has 2 unspecified atom stereocenters. The molecule has 1 aliphatic rings. The van der Waals surface area contributed by atoms with Crippen LogP contribution in [0.25, 0.3) is 0 Å². The minimum absolute atomic E-state index is 0.0448. The number of aryl methyl sites for hydroxylation is 1. The molecule has 4 nitrogen and oxygen atoms in total. The van der Waals surface area contributed by atoms with Crippen molar-refractivity contribution in [3.63, 3.8) is 0 Å². The van der Waals surface area contributed by atoms with Crippen molar-refractivity contribution in [1.29, 1.82) is 0 Å². The number of aliphatic hydroxyl groups is 1. The smallest absolute Gasteiger partial charge is 0.137 e. The summed E-state index contributed by atoms with van der Waals surface area (Å²) >= 11 is 0. The first-order valence-electron chi connectivity index (χ1n) is 6.60. The number of aromatic nitrogens is 2. The highest BCUT2D eigenvalue weighted by atomic mass is 16.5. The van der Waals surface area contributed by atoms with Crippen LogP contribution in [0.5, 0.6) is 0 Å². The van der Waals surface area contributed by atoms with Gasteiger partial charge in [-0.3, -0.25) is 0 Å². The highest BCUT2D eigenvalue weighted by molar-refractivity contribution is 5.31. The van der Waals surface area contributed by atoms with Crippen LogP contribution in [-0.2, 0) is 18.2 Å². The standard InChI is InChI=1S/C15H18N2O2/c1-17-8-7-16-15(17)13(18)10-14-12-5-3-2-4-11(12)6-9-19-14/h2-5,7-8,13-14,18H,6,9-10H2,1H3. The van der Waals surface area contributed by atoms with Gasteiger partial charge in [0.1, 0.15) is 11.9 Å². The van der Waals surface area contributed by atoms with E-state index in [0.717, 1.165) is 13.0 Å². The Labute approximate surface area is 112 Å². The summed E-state index contributed by atoms with van der Waals surface area (Å²) in [4.78, 5) is 4.19. The minimum atomic E-state index is -0.601. The number of ether oxygens (including phenoxy) is 1. The van der Waals surface area contributed by atoms with Crippen LogP contribution in [0, 0.1) is 0 Å². The number of fused-ring (bicyclic) bond motifs is 1. The molecule has 1 aromatic carbocycles. The molecule has 0 fully saturated rings. The Morgan fingerprint density at radius 3 is 3.11 bits per heavy atom. The summed E-state index contributed by atoms with van der Waals surface area (Å²) < 4.78 is 7.66. The van der Waals surface area contributed by atoms with E-state index in [9.17, 15) is 5.11 Å². The third-order valence-corrected chi connectivity index (χ3v) is 3.69. The van der Waals surface area contributed by atoms with Gasteiger partial charge in [0.15, 0.2) is 0 Å². The maximum atomic E-state index is 10.3. The van der Waals surface area contributed by atoms with E-state index in [0.29, 0.717) is 12.2 Å². The molecule has 0 amide bonds. The van der Waals surface area contributed by atoms with Crippen LogP contribution < -0.4 is 0 Å². The maximum Gasteiger partial charge on any atom is 0.137 e. The van der Waals surface area contributed by atoms with E-state index >= 15 is 0 Å². The first-order valence-corrected chi connectivity index (χ1v) is 6.60. The third kappa shape index (κ3) is 2.41. The van der Waals surface area contributed by atoms with Crippen LogP contribution in [0.2, 0.25) is 0 Å². The van der Waals surface area contributed by atoms with E-state index in [1.807, 2.05) is 23.9 Å². The molecule has 0 saturated heterocycles. The van der Waals surface area contributed by atoms with Gasteiger partial charge in [0, 0.05) is 25.9 Å². The first kappa shape index (κ1) is 12.4. The number of imidazole rings is 1. The fourth-order valence-electron chi connectivity index (χ4n) is 2.68. The molecule has 4 heteroatoms. The quantitative estimate of drug-likeness (QED) is 0.917. The van der Waals surface area contributed by atoms with Gasteiger partial charge in [0.05, 0.1) is 12.7 Å². The fourth-order valence-corrected chi connectivity index (χ4v) is 2.68. The molecule has 0 spiro atoms. The Bertz CT molecular complexity index is 565. The molecule has 0 saturated carbocycles. The van der Waals surface area contributed by atoms with E-state index in [-0.39, 0.29) is 6.10 Å². The Morgan fingerprint density at radius 1 is 1.47 bits per heavy atom. The second-order valence-electron chi connectivity index (χ2n) is 4.96. The lowest BCUT2D eigenvalue weighted by atomic mass is 9.94. The number of hydrogen-bond acceptors (Lipinski definition) is 3. The number of hydrogen-bond donors (Lipinski definition) is 1. The molecule has 100 valence electrons. The van der Waals surface area contributed by atoms with Crippen LogP contribution >= 0.6 is 0 Å². The van der Waals surface area contributed by atoms with E-state index in [4.69, 9.17) is 4.74 Å². The lowest BCUT2D eigenvalue weighted by Crippen LogP contribution is -2.19. The zero-order chi connectivity index (χ0) is 13.2. The number of aliphatic hydroxyl groups excluding tert-OH is 1. The second kappa shape index (κ2) is 5.15. The van der Waals surface area contributed by atoms with Gasteiger partial charge in [-0.05, 0) is 17.5 Å². The van der Waals surface area contributed by atoms with E-state index in [2.05, 4.69) is 23.2 Å².